The standard InChI is InChI=1S/C56H36O3/c57-55(44-26-22-39-30-37(18-20-41(39)32-44)35-10-2-1-3-11-35)49-15-7-8-16-50(49)56(58,54-46-13-5-4-12-36(46)24-28-51(54)55)45-27-23-40-31-38(19-21-42(40)33-45)43-25-29-53-48(34-43)47-14-6-9-17-52(47)59-53/h1-34,57-58H. The highest BCUT2D eigenvalue weighted by atomic mass is 16.3. The summed E-state index contributed by atoms with van der Waals surface area (Å²) in [5.74, 6) is 0. The summed E-state index contributed by atoms with van der Waals surface area (Å²) in [6, 6.07) is 70.5. The van der Waals surface area contributed by atoms with E-state index < -0.39 is 11.2 Å². The Bertz CT molecular complexity index is 3490. The fourth-order valence-electron chi connectivity index (χ4n) is 9.80. The minimum absolute atomic E-state index is 0.655. The molecule has 1 aliphatic carbocycles. The van der Waals surface area contributed by atoms with Crippen LogP contribution in [-0.4, -0.2) is 10.2 Å². The van der Waals surface area contributed by atoms with Crippen molar-refractivity contribution in [3.8, 4) is 22.3 Å². The summed E-state index contributed by atoms with van der Waals surface area (Å²) in [6.07, 6.45) is 0. The second-order valence-corrected chi connectivity index (χ2v) is 15.9. The molecule has 0 bridgehead atoms. The molecule has 2 atom stereocenters. The first kappa shape index (κ1) is 33.8. The Labute approximate surface area is 340 Å². The number of hydrogen-bond acceptors (Lipinski definition) is 3. The van der Waals surface area contributed by atoms with Crippen LogP contribution in [-0.2, 0) is 11.2 Å². The average molecular weight is 757 g/mol. The number of aliphatic hydroxyl groups is 2. The Hall–Kier alpha value is -7.30. The lowest BCUT2D eigenvalue weighted by Gasteiger charge is -2.46. The zero-order valence-electron chi connectivity index (χ0n) is 31.9. The van der Waals surface area contributed by atoms with Crippen LogP contribution in [0.2, 0.25) is 0 Å². The van der Waals surface area contributed by atoms with Crippen LogP contribution in [0.25, 0.3) is 76.5 Å². The molecule has 0 amide bonds. The highest BCUT2D eigenvalue weighted by Gasteiger charge is 2.51. The molecule has 2 N–H and O–H groups in total. The van der Waals surface area contributed by atoms with Crippen molar-refractivity contribution in [2.24, 2.45) is 0 Å². The van der Waals surface area contributed by atoms with Crippen molar-refractivity contribution < 1.29 is 14.6 Å². The molecule has 12 rings (SSSR count). The van der Waals surface area contributed by atoms with Crippen LogP contribution < -0.4 is 0 Å². The first-order chi connectivity index (χ1) is 29.0. The normalized spacial score (nSPS) is 17.5. The van der Waals surface area contributed by atoms with Gasteiger partial charge in [-0.15, -0.1) is 0 Å². The van der Waals surface area contributed by atoms with Gasteiger partial charge in [0.25, 0.3) is 0 Å². The number of furan rings is 1. The molecule has 59 heavy (non-hydrogen) atoms. The number of fused-ring (bicyclic) bond motifs is 9. The van der Waals surface area contributed by atoms with E-state index in [2.05, 4.69) is 127 Å². The summed E-state index contributed by atoms with van der Waals surface area (Å²) >= 11 is 0. The number of hydrogen-bond donors (Lipinski definition) is 2. The molecule has 0 saturated carbocycles. The maximum absolute atomic E-state index is 13.7. The van der Waals surface area contributed by atoms with Gasteiger partial charge in [-0.25, -0.2) is 0 Å². The summed E-state index contributed by atoms with van der Waals surface area (Å²) in [7, 11) is 0. The van der Waals surface area contributed by atoms with Crippen LogP contribution in [0, 0.1) is 0 Å². The largest absolute Gasteiger partial charge is 0.456 e. The monoisotopic (exact) mass is 756 g/mol. The number of rotatable bonds is 4. The van der Waals surface area contributed by atoms with Gasteiger partial charge in [-0.1, -0.05) is 164 Å². The minimum Gasteiger partial charge on any atom is -0.456 e. The number of para-hydroxylation sites is 1. The zero-order valence-corrected chi connectivity index (χ0v) is 31.9. The molecular weight excluding hydrogens is 721 g/mol. The molecule has 0 fully saturated rings. The zero-order chi connectivity index (χ0) is 39.3. The predicted octanol–water partition coefficient (Wildman–Crippen LogP) is 13.3. The third-order valence-electron chi connectivity index (χ3n) is 12.7. The fraction of sp³-hybridized carbons (Fsp3) is 0.0357. The van der Waals surface area contributed by atoms with Crippen LogP contribution in [0.15, 0.2) is 211 Å². The second-order valence-electron chi connectivity index (χ2n) is 15.9. The average Bonchev–Trinajstić information content (AvgIpc) is 3.68. The topological polar surface area (TPSA) is 53.6 Å². The summed E-state index contributed by atoms with van der Waals surface area (Å²) in [6.45, 7) is 0. The Kier molecular flexibility index (Phi) is 7.22. The van der Waals surface area contributed by atoms with Gasteiger partial charge in [0.05, 0.1) is 0 Å². The van der Waals surface area contributed by atoms with Crippen molar-refractivity contribution >= 4 is 54.3 Å². The molecule has 11 aromatic rings. The SMILES string of the molecule is OC1(c2ccc3cc(-c4ccccc4)ccc3c2)c2ccccc2C(O)(c2ccc3cc(-c4ccc5oc6ccccc6c5c4)ccc3c2)c2c1ccc1ccccc21. The van der Waals surface area contributed by atoms with Gasteiger partial charge in [0.1, 0.15) is 22.4 Å². The first-order valence-electron chi connectivity index (χ1n) is 20.1. The predicted molar refractivity (Wildman–Crippen MR) is 241 cm³/mol. The van der Waals surface area contributed by atoms with Gasteiger partial charge in [-0.05, 0) is 119 Å². The Morgan fingerprint density at radius 1 is 0.305 bits per heavy atom. The second kappa shape index (κ2) is 12.6. The van der Waals surface area contributed by atoms with Gasteiger partial charge < -0.3 is 14.6 Å². The maximum atomic E-state index is 13.7. The van der Waals surface area contributed by atoms with Crippen LogP contribution in [0.5, 0.6) is 0 Å². The van der Waals surface area contributed by atoms with Crippen molar-refractivity contribution in [2.45, 2.75) is 11.2 Å². The first-order valence-corrected chi connectivity index (χ1v) is 20.1. The van der Waals surface area contributed by atoms with Crippen LogP contribution >= 0.6 is 0 Å². The summed E-state index contributed by atoms with van der Waals surface area (Å²) in [4.78, 5) is 0. The summed E-state index contributed by atoms with van der Waals surface area (Å²) in [5.41, 5.74) is 7.29. The molecule has 0 radical (unpaired) electrons. The van der Waals surface area contributed by atoms with Gasteiger partial charge in [0.15, 0.2) is 0 Å². The molecule has 3 heteroatoms. The van der Waals surface area contributed by atoms with Crippen molar-refractivity contribution in [1.82, 2.24) is 0 Å². The molecule has 0 aliphatic heterocycles. The fourth-order valence-corrected chi connectivity index (χ4v) is 9.80. The highest BCUT2D eigenvalue weighted by Crippen LogP contribution is 2.55. The number of benzene rings is 10. The molecule has 1 heterocycles. The molecule has 1 aliphatic rings. The third-order valence-corrected chi connectivity index (χ3v) is 12.7. The van der Waals surface area contributed by atoms with E-state index in [-0.39, 0.29) is 0 Å². The molecule has 3 nitrogen and oxygen atoms in total. The maximum Gasteiger partial charge on any atom is 0.141 e. The van der Waals surface area contributed by atoms with Gasteiger partial charge in [-0.2, -0.15) is 0 Å². The quantitative estimate of drug-likeness (QED) is 0.188. The Morgan fingerprint density at radius 2 is 0.814 bits per heavy atom. The summed E-state index contributed by atoms with van der Waals surface area (Å²) in [5, 5.41) is 35.4. The van der Waals surface area contributed by atoms with Gasteiger partial charge in [0, 0.05) is 21.9 Å². The Morgan fingerprint density at radius 3 is 1.56 bits per heavy atom. The van der Waals surface area contributed by atoms with Crippen LogP contribution in [0.4, 0.5) is 0 Å². The van der Waals surface area contributed by atoms with E-state index >= 15 is 0 Å². The smallest absolute Gasteiger partial charge is 0.141 e. The minimum atomic E-state index is -1.58. The van der Waals surface area contributed by atoms with Crippen molar-refractivity contribution in [3.63, 3.8) is 0 Å². The van der Waals surface area contributed by atoms with Crippen molar-refractivity contribution in [3.05, 3.63) is 240 Å². The molecule has 2 unspecified atom stereocenters. The van der Waals surface area contributed by atoms with Gasteiger partial charge >= 0.3 is 0 Å². The van der Waals surface area contributed by atoms with Gasteiger partial charge in [-0.3, -0.25) is 0 Å². The van der Waals surface area contributed by atoms with E-state index in [9.17, 15) is 10.2 Å². The lowest BCUT2D eigenvalue weighted by atomic mass is 9.62. The van der Waals surface area contributed by atoms with E-state index in [1.54, 1.807) is 0 Å². The van der Waals surface area contributed by atoms with Crippen molar-refractivity contribution in [1.29, 1.82) is 0 Å². The molecule has 278 valence electrons. The van der Waals surface area contributed by atoms with Crippen molar-refractivity contribution in [2.75, 3.05) is 0 Å². The lowest BCUT2D eigenvalue weighted by molar-refractivity contribution is 0.0762. The van der Waals surface area contributed by atoms with Crippen LogP contribution in [0.3, 0.4) is 0 Å². The lowest BCUT2D eigenvalue weighted by Crippen LogP contribution is -2.44. The highest BCUT2D eigenvalue weighted by molar-refractivity contribution is 6.06. The third kappa shape index (κ3) is 4.96. The molecule has 0 saturated heterocycles. The molecule has 0 spiro atoms. The van der Waals surface area contributed by atoms with E-state index in [0.717, 1.165) is 87.6 Å². The van der Waals surface area contributed by atoms with Gasteiger partial charge in [0.2, 0.25) is 0 Å². The van der Waals surface area contributed by atoms with Crippen LogP contribution in [0.1, 0.15) is 33.4 Å². The summed E-state index contributed by atoms with van der Waals surface area (Å²) < 4.78 is 6.10. The van der Waals surface area contributed by atoms with E-state index in [1.165, 1.54) is 0 Å². The van der Waals surface area contributed by atoms with E-state index in [4.69, 9.17) is 4.42 Å². The van der Waals surface area contributed by atoms with E-state index in [0.29, 0.717) is 22.3 Å². The van der Waals surface area contributed by atoms with E-state index in [1.807, 2.05) is 78.9 Å². The Balaban J connectivity index is 1.02. The molecule has 10 aromatic carbocycles. The molecule has 1 aromatic heterocycles. The molecular formula is C56H36O3.